The van der Waals surface area contributed by atoms with Crippen LogP contribution in [0.2, 0.25) is 0 Å². The predicted octanol–water partition coefficient (Wildman–Crippen LogP) is 2.57. The van der Waals surface area contributed by atoms with Crippen LogP contribution in [0.25, 0.3) is 0 Å². The summed E-state index contributed by atoms with van der Waals surface area (Å²) in [6.07, 6.45) is 1.80. The van der Waals surface area contributed by atoms with Crippen molar-refractivity contribution in [2.24, 2.45) is 0 Å². The minimum atomic E-state index is -0.638. The summed E-state index contributed by atoms with van der Waals surface area (Å²) in [5.74, 6) is 0.239. The average molecular weight is 265 g/mol. The first-order chi connectivity index (χ1) is 8.43. The van der Waals surface area contributed by atoms with E-state index in [9.17, 15) is 9.59 Å². The molecule has 2 heterocycles. The number of likely N-dealkylation sites (tertiary alicyclic amines) is 1. The van der Waals surface area contributed by atoms with E-state index in [1.807, 2.05) is 32.2 Å². The minimum absolute atomic E-state index is 0.0681. The summed E-state index contributed by atoms with van der Waals surface area (Å²) in [5, 5.41) is 2.00. The molecule has 0 saturated carbocycles. The molecule has 1 aromatic rings. The van der Waals surface area contributed by atoms with E-state index in [0.717, 1.165) is 16.9 Å². The standard InChI is InChI=1S/C14H19NO2S/c1-10-6-8-18-11(10)9-13(17)15-7-4-5-12(16)14(15,2)3/h6,8H,4-5,7,9H2,1-3H3. The SMILES string of the molecule is Cc1ccsc1CC(=O)N1CCCC(=O)C1(C)C. The molecule has 3 nitrogen and oxygen atoms in total. The average Bonchev–Trinajstić information content (AvgIpc) is 2.68. The lowest BCUT2D eigenvalue weighted by Gasteiger charge is -2.41. The second-order valence-electron chi connectivity index (χ2n) is 5.33. The van der Waals surface area contributed by atoms with Gasteiger partial charge in [0.15, 0.2) is 5.78 Å². The van der Waals surface area contributed by atoms with E-state index in [1.54, 1.807) is 16.2 Å². The molecule has 0 atom stereocenters. The first-order valence-corrected chi connectivity index (χ1v) is 7.17. The molecule has 0 unspecified atom stereocenters. The highest BCUT2D eigenvalue weighted by Crippen LogP contribution is 2.26. The van der Waals surface area contributed by atoms with Gasteiger partial charge in [0.1, 0.15) is 0 Å². The van der Waals surface area contributed by atoms with Gasteiger partial charge in [0.05, 0.1) is 12.0 Å². The molecule has 0 radical (unpaired) electrons. The lowest BCUT2D eigenvalue weighted by atomic mass is 9.88. The molecule has 1 saturated heterocycles. The lowest BCUT2D eigenvalue weighted by molar-refractivity contribution is -0.147. The van der Waals surface area contributed by atoms with Gasteiger partial charge in [-0.25, -0.2) is 0 Å². The van der Waals surface area contributed by atoms with Crippen molar-refractivity contribution in [1.29, 1.82) is 0 Å². The van der Waals surface area contributed by atoms with Crippen LogP contribution in [0.3, 0.4) is 0 Å². The Morgan fingerprint density at radius 2 is 2.22 bits per heavy atom. The Balaban J connectivity index is 2.13. The third kappa shape index (κ3) is 2.34. The van der Waals surface area contributed by atoms with Crippen LogP contribution >= 0.6 is 11.3 Å². The monoisotopic (exact) mass is 265 g/mol. The summed E-state index contributed by atoms with van der Waals surface area (Å²) in [7, 11) is 0. The van der Waals surface area contributed by atoms with Crippen LogP contribution in [0.15, 0.2) is 11.4 Å². The second-order valence-corrected chi connectivity index (χ2v) is 6.34. The number of piperidine rings is 1. The van der Waals surface area contributed by atoms with Crippen LogP contribution in [0.1, 0.15) is 37.1 Å². The number of nitrogens with zero attached hydrogens (tertiary/aromatic N) is 1. The van der Waals surface area contributed by atoms with Gasteiger partial charge in [-0.05, 0) is 44.2 Å². The van der Waals surface area contributed by atoms with Crippen molar-refractivity contribution in [2.45, 2.75) is 45.6 Å². The molecule has 0 aromatic carbocycles. The van der Waals surface area contributed by atoms with Crippen LogP contribution in [0.5, 0.6) is 0 Å². The van der Waals surface area contributed by atoms with Gasteiger partial charge in [-0.2, -0.15) is 0 Å². The number of thiophene rings is 1. The molecule has 1 amide bonds. The third-order valence-corrected chi connectivity index (χ3v) is 4.75. The Kier molecular flexibility index (Phi) is 3.57. The quantitative estimate of drug-likeness (QED) is 0.824. The number of hydrogen-bond donors (Lipinski definition) is 0. The van der Waals surface area contributed by atoms with Gasteiger partial charge in [-0.15, -0.1) is 11.3 Å². The Labute approximate surface area is 112 Å². The molecular weight excluding hydrogens is 246 g/mol. The van der Waals surface area contributed by atoms with E-state index in [-0.39, 0.29) is 11.7 Å². The molecule has 0 bridgehead atoms. The van der Waals surface area contributed by atoms with Crippen LogP contribution < -0.4 is 0 Å². The molecule has 1 aliphatic rings. The molecule has 1 aliphatic heterocycles. The smallest absolute Gasteiger partial charge is 0.228 e. The second kappa shape index (κ2) is 4.84. The van der Waals surface area contributed by atoms with Gasteiger partial charge in [0.25, 0.3) is 0 Å². The number of Topliss-reactive ketones (excluding diaryl/α,β-unsaturated/α-hetero) is 1. The van der Waals surface area contributed by atoms with E-state index in [2.05, 4.69) is 0 Å². The fourth-order valence-electron chi connectivity index (χ4n) is 2.39. The molecule has 4 heteroatoms. The molecule has 2 rings (SSSR count). The number of rotatable bonds is 2. The van der Waals surface area contributed by atoms with Crippen LogP contribution in [-0.4, -0.2) is 28.7 Å². The van der Waals surface area contributed by atoms with Crippen molar-refractivity contribution in [3.05, 3.63) is 21.9 Å². The van der Waals surface area contributed by atoms with E-state index in [1.165, 1.54) is 0 Å². The van der Waals surface area contributed by atoms with Gasteiger partial charge >= 0.3 is 0 Å². The Hall–Kier alpha value is -1.16. The number of hydrogen-bond acceptors (Lipinski definition) is 3. The third-order valence-electron chi connectivity index (χ3n) is 3.72. The lowest BCUT2D eigenvalue weighted by Crippen LogP contribution is -2.56. The van der Waals surface area contributed by atoms with Crippen molar-refractivity contribution in [3.8, 4) is 0 Å². The first-order valence-electron chi connectivity index (χ1n) is 6.29. The maximum Gasteiger partial charge on any atom is 0.228 e. The topological polar surface area (TPSA) is 37.4 Å². The van der Waals surface area contributed by atoms with E-state index < -0.39 is 5.54 Å². The first kappa shape index (κ1) is 13.3. The molecular formula is C14H19NO2S. The van der Waals surface area contributed by atoms with Gasteiger partial charge in [0.2, 0.25) is 5.91 Å². The van der Waals surface area contributed by atoms with E-state index in [0.29, 0.717) is 19.4 Å². The van der Waals surface area contributed by atoms with Crippen LogP contribution in [-0.2, 0) is 16.0 Å². The highest BCUT2D eigenvalue weighted by molar-refractivity contribution is 7.10. The summed E-state index contributed by atoms with van der Waals surface area (Å²) in [4.78, 5) is 27.1. The molecule has 98 valence electrons. The maximum absolute atomic E-state index is 12.4. The van der Waals surface area contributed by atoms with Crippen molar-refractivity contribution >= 4 is 23.0 Å². The molecule has 0 aliphatic carbocycles. The van der Waals surface area contributed by atoms with E-state index >= 15 is 0 Å². The van der Waals surface area contributed by atoms with Crippen molar-refractivity contribution in [1.82, 2.24) is 4.90 Å². The summed E-state index contributed by atoms with van der Waals surface area (Å²) in [6, 6.07) is 2.03. The minimum Gasteiger partial charge on any atom is -0.330 e. The molecule has 0 N–H and O–H groups in total. The van der Waals surface area contributed by atoms with Gasteiger partial charge in [-0.1, -0.05) is 0 Å². The molecule has 1 aromatic heterocycles. The van der Waals surface area contributed by atoms with Crippen molar-refractivity contribution in [2.75, 3.05) is 6.54 Å². The van der Waals surface area contributed by atoms with Crippen molar-refractivity contribution < 1.29 is 9.59 Å². The number of carbonyl (C=O) groups is 2. The Morgan fingerprint density at radius 3 is 2.83 bits per heavy atom. The number of amides is 1. The number of ketones is 1. The Morgan fingerprint density at radius 1 is 1.50 bits per heavy atom. The molecule has 1 fully saturated rings. The molecule has 0 spiro atoms. The molecule has 18 heavy (non-hydrogen) atoms. The zero-order valence-electron chi connectivity index (χ0n) is 11.2. The summed E-state index contributed by atoms with van der Waals surface area (Å²) in [5.41, 5.74) is 0.523. The normalized spacial score (nSPS) is 19.1. The highest BCUT2D eigenvalue weighted by atomic mass is 32.1. The number of aryl methyl sites for hydroxylation is 1. The van der Waals surface area contributed by atoms with E-state index in [4.69, 9.17) is 0 Å². The highest BCUT2D eigenvalue weighted by Gasteiger charge is 2.39. The van der Waals surface area contributed by atoms with Gasteiger partial charge in [-0.3, -0.25) is 9.59 Å². The van der Waals surface area contributed by atoms with Gasteiger partial charge in [0, 0.05) is 17.8 Å². The zero-order chi connectivity index (χ0) is 13.3. The summed E-state index contributed by atoms with van der Waals surface area (Å²) < 4.78 is 0. The fourth-order valence-corrected chi connectivity index (χ4v) is 3.29. The predicted molar refractivity (Wildman–Crippen MR) is 72.8 cm³/mol. The summed E-state index contributed by atoms with van der Waals surface area (Å²) in [6.45, 7) is 6.43. The van der Waals surface area contributed by atoms with Crippen LogP contribution in [0.4, 0.5) is 0 Å². The number of carbonyl (C=O) groups excluding carboxylic acids is 2. The van der Waals surface area contributed by atoms with Crippen LogP contribution in [0, 0.1) is 6.92 Å². The van der Waals surface area contributed by atoms with Crippen molar-refractivity contribution in [3.63, 3.8) is 0 Å². The Bertz CT molecular complexity index is 476. The van der Waals surface area contributed by atoms with Gasteiger partial charge < -0.3 is 4.90 Å². The fraction of sp³-hybridized carbons (Fsp3) is 0.571. The summed E-state index contributed by atoms with van der Waals surface area (Å²) >= 11 is 1.61. The zero-order valence-corrected chi connectivity index (χ0v) is 12.0. The maximum atomic E-state index is 12.4. The largest absolute Gasteiger partial charge is 0.330 e.